The monoisotopic (exact) mass is 657 g/mol. The summed E-state index contributed by atoms with van der Waals surface area (Å²) in [5.74, 6) is -0.117. The minimum Gasteiger partial charge on any atom is -0.493 e. The Labute approximate surface area is 278 Å². The van der Waals surface area contributed by atoms with E-state index in [1.54, 1.807) is 30.3 Å². The number of hydrogen-bond donors (Lipinski definition) is 1. The summed E-state index contributed by atoms with van der Waals surface area (Å²) in [6.07, 6.45) is 1.93. The maximum atomic E-state index is 14.6. The van der Waals surface area contributed by atoms with Crippen molar-refractivity contribution in [3.63, 3.8) is 0 Å². The van der Waals surface area contributed by atoms with E-state index in [2.05, 4.69) is 5.32 Å². The van der Waals surface area contributed by atoms with Crippen LogP contribution in [0, 0.1) is 6.92 Å². The van der Waals surface area contributed by atoms with Crippen LogP contribution in [-0.4, -0.2) is 58.5 Å². The predicted octanol–water partition coefficient (Wildman–Crippen LogP) is 5.76. The second kappa shape index (κ2) is 16.6. The second-order valence-electron chi connectivity index (χ2n) is 11.2. The van der Waals surface area contributed by atoms with Gasteiger partial charge < -0.3 is 19.7 Å². The van der Waals surface area contributed by atoms with Gasteiger partial charge in [0.15, 0.2) is 11.5 Å². The molecule has 47 heavy (non-hydrogen) atoms. The van der Waals surface area contributed by atoms with E-state index in [0.717, 1.165) is 33.8 Å². The average molecular weight is 658 g/mol. The molecule has 0 saturated heterocycles. The second-order valence-corrected chi connectivity index (χ2v) is 13.0. The molecule has 1 atom stereocenters. The first-order chi connectivity index (χ1) is 22.7. The lowest BCUT2D eigenvalue weighted by atomic mass is 10.0. The van der Waals surface area contributed by atoms with Gasteiger partial charge in [0, 0.05) is 25.6 Å². The van der Waals surface area contributed by atoms with E-state index in [9.17, 15) is 18.0 Å². The summed E-state index contributed by atoms with van der Waals surface area (Å²) in [6, 6.07) is 28.9. The molecule has 0 heterocycles. The number of unbranched alkanes of at least 4 members (excludes halogenated alkanes) is 1. The van der Waals surface area contributed by atoms with Gasteiger partial charge in [-0.25, -0.2) is 8.42 Å². The number of carbonyl (C=O) groups is 2. The van der Waals surface area contributed by atoms with Crippen molar-refractivity contribution in [2.45, 2.75) is 50.6 Å². The summed E-state index contributed by atoms with van der Waals surface area (Å²) in [7, 11) is -1.30. The number of hydrogen-bond acceptors (Lipinski definition) is 6. The summed E-state index contributed by atoms with van der Waals surface area (Å²) >= 11 is 0. The number of nitrogens with one attached hydrogen (secondary N) is 1. The number of rotatable bonds is 16. The summed E-state index contributed by atoms with van der Waals surface area (Å²) in [5.41, 5.74) is 2.88. The fourth-order valence-corrected chi connectivity index (χ4v) is 6.69. The maximum absolute atomic E-state index is 14.6. The molecule has 0 aliphatic rings. The maximum Gasteiger partial charge on any atom is 0.264 e. The number of amides is 2. The highest BCUT2D eigenvalue weighted by atomic mass is 32.2. The molecular weight excluding hydrogens is 614 g/mol. The van der Waals surface area contributed by atoms with Crippen molar-refractivity contribution >= 4 is 27.5 Å². The van der Waals surface area contributed by atoms with E-state index in [0.29, 0.717) is 18.0 Å². The molecule has 248 valence electrons. The van der Waals surface area contributed by atoms with Gasteiger partial charge >= 0.3 is 0 Å². The zero-order valence-electron chi connectivity index (χ0n) is 27.4. The number of nitrogens with zero attached hydrogens (tertiary/aromatic N) is 2. The molecule has 9 nitrogen and oxygen atoms in total. The van der Waals surface area contributed by atoms with Crippen molar-refractivity contribution < 1.29 is 27.5 Å². The van der Waals surface area contributed by atoms with Crippen LogP contribution in [0.25, 0.3) is 0 Å². The zero-order valence-corrected chi connectivity index (χ0v) is 28.2. The normalized spacial score (nSPS) is 11.7. The van der Waals surface area contributed by atoms with Gasteiger partial charge in [-0.15, -0.1) is 0 Å². The van der Waals surface area contributed by atoms with Crippen LogP contribution in [0.3, 0.4) is 0 Å². The van der Waals surface area contributed by atoms with Crippen LogP contribution < -0.4 is 19.1 Å². The molecule has 2 amide bonds. The van der Waals surface area contributed by atoms with E-state index in [1.807, 2.05) is 68.4 Å². The summed E-state index contributed by atoms with van der Waals surface area (Å²) in [5, 5.41) is 3.01. The summed E-state index contributed by atoms with van der Waals surface area (Å²) in [4.78, 5) is 30.1. The zero-order chi connectivity index (χ0) is 33.8. The van der Waals surface area contributed by atoms with E-state index in [-0.39, 0.29) is 29.5 Å². The van der Waals surface area contributed by atoms with Crippen LogP contribution in [0.2, 0.25) is 0 Å². The molecule has 0 radical (unpaired) electrons. The number of aryl methyl sites for hydroxylation is 1. The summed E-state index contributed by atoms with van der Waals surface area (Å²) < 4.78 is 40.4. The fourth-order valence-electron chi connectivity index (χ4n) is 5.26. The Balaban J connectivity index is 1.83. The Kier molecular flexibility index (Phi) is 12.4. The molecule has 0 aliphatic carbocycles. The SMILES string of the molecule is CCCCNC(=O)[C@H](Cc1ccccc1)N(Cc1ccccc1C)C(=O)CN(c1ccc(OC)c(OC)c1)S(=O)(=O)c1ccccc1. The van der Waals surface area contributed by atoms with Crippen molar-refractivity contribution in [2.75, 3.05) is 31.6 Å². The number of ether oxygens (including phenoxy) is 2. The minimum absolute atomic E-state index is 0.0196. The Morgan fingerprint density at radius 2 is 1.47 bits per heavy atom. The number of carbonyl (C=O) groups excluding carboxylic acids is 2. The molecule has 0 spiro atoms. The van der Waals surface area contributed by atoms with Gasteiger partial charge in [-0.1, -0.05) is 86.1 Å². The van der Waals surface area contributed by atoms with Crippen molar-refractivity contribution in [3.05, 3.63) is 120 Å². The Morgan fingerprint density at radius 1 is 0.830 bits per heavy atom. The molecule has 4 aromatic rings. The van der Waals surface area contributed by atoms with Crippen LogP contribution in [0.1, 0.15) is 36.5 Å². The third kappa shape index (κ3) is 8.92. The van der Waals surface area contributed by atoms with E-state index in [1.165, 1.54) is 37.3 Å². The van der Waals surface area contributed by atoms with Crippen molar-refractivity contribution in [1.82, 2.24) is 10.2 Å². The van der Waals surface area contributed by atoms with Gasteiger partial charge in [-0.3, -0.25) is 13.9 Å². The van der Waals surface area contributed by atoms with Gasteiger partial charge in [0.1, 0.15) is 12.6 Å². The Morgan fingerprint density at radius 3 is 2.11 bits per heavy atom. The lowest BCUT2D eigenvalue weighted by Crippen LogP contribution is -2.53. The van der Waals surface area contributed by atoms with Gasteiger partial charge in [0.05, 0.1) is 24.8 Å². The van der Waals surface area contributed by atoms with Gasteiger partial charge in [-0.05, 0) is 54.3 Å². The van der Waals surface area contributed by atoms with Crippen LogP contribution >= 0.6 is 0 Å². The van der Waals surface area contributed by atoms with Crippen molar-refractivity contribution in [2.24, 2.45) is 0 Å². The number of methoxy groups -OCH3 is 2. The number of sulfonamides is 1. The predicted molar refractivity (Wildman–Crippen MR) is 184 cm³/mol. The van der Waals surface area contributed by atoms with Gasteiger partial charge in [0.2, 0.25) is 11.8 Å². The standard InChI is InChI=1S/C37H43N3O6S/c1-5-6-23-38-37(42)33(24-29-16-9-7-10-17-29)39(26-30-18-14-13-15-28(30)2)36(41)27-40(47(43,44)32-19-11-8-12-20-32)31-21-22-34(45-3)35(25-31)46-4/h7-22,25,33H,5-6,23-24,26-27H2,1-4H3,(H,38,42)/t33-/m0/s1. The largest absolute Gasteiger partial charge is 0.493 e. The lowest BCUT2D eigenvalue weighted by molar-refractivity contribution is -0.140. The third-order valence-electron chi connectivity index (χ3n) is 7.97. The average Bonchev–Trinajstić information content (AvgIpc) is 3.09. The smallest absolute Gasteiger partial charge is 0.264 e. The quantitative estimate of drug-likeness (QED) is 0.154. The number of anilines is 1. The lowest BCUT2D eigenvalue weighted by Gasteiger charge is -2.34. The molecular formula is C37H43N3O6S. The topological polar surface area (TPSA) is 105 Å². The Hall–Kier alpha value is -4.83. The highest BCUT2D eigenvalue weighted by Gasteiger charge is 2.35. The van der Waals surface area contributed by atoms with E-state index in [4.69, 9.17) is 9.47 Å². The molecule has 10 heteroatoms. The molecule has 4 aromatic carbocycles. The highest BCUT2D eigenvalue weighted by molar-refractivity contribution is 7.92. The van der Waals surface area contributed by atoms with Crippen molar-refractivity contribution in [3.8, 4) is 11.5 Å². The van der Waals surface area contributed by atoms with Gasteiger partial charge in [0.25, 0.3) is 10.0 Å². The summed E-state index contributed by atoms with van der Waals surface area (Å²) in [6.45, 7) is 3.99. The molecule has 4 rings (SSSR count). The molecule has 0 bridgehead atoms. The first-order valence-corrected chi connectivity index (χ1v) is 17.1. The first-order valence-electron chi connectivity index (χ1n) is 15.6. The van der Waals surface area contributed by atoms with Crippen LogP contribution in [0.15, 0.2) is 108 Å². The van der Waals surface area contributed by atoms with Crippen LogP contribution in [0.4, 0.5) is 5.69 Å². The highest BCUT2D eigenvalue weighted by Crippen LogP contribution is 2.34. The molecule has 0 aliphatic heterocycles. The first kappa shape index (κ1) is 35.0. The molecule has 0 fully saturated rings. The van der Waals surface area contributed by atoms with Crippen LogP contribution in [-0.2, 0) is 32.6 Å². The molecule has 0 aromatic heterocycles. The van der Waals surface area contributed by atoms with Crippen molar-refractivity contribution in [1.29, 1.82) is 0 Å². The van der Waals surface area contributed by atoms with Gasteiger partial charge in [-0.2, -0.15) is 0 Å². The third-order valence-corrected chi connectivity index (χ3v) is 9.76. The minimum atomic E-state index is -4.24. The molecule has 0 saturated carbocycles. The Bertz CT molecular complexity index is 1730. The molecule has 0 unspecified atom stereocenters. The van der Waals surface area contributed by atoms with Crippen LogP contribution in [0.5, 0.6) is 11.5 Å². The van der Waals surface area contributed by atoms with E-state index < -0.39 is 28.5 Å². The molecule has 1 N–H and O–H groups in total. The van der Waals surface area contributed by atoms with E-state index >= 15 is 0 Å². The fraction of sp³-hybridized carbons (Fsp3) is 0.297. The number of benzene rings is 4.